The quantitative estimate of drug-likeness (QED) is 0.896. The van der Waals surface area contributed by atoms with Gasteiger partial charge in [0.25, 0.3) is 0 Å². The van der Waals surface area contributed by atoms with Crippen LogP contribution in [0.15, 0.2) is 24.3 Å². The number of hydrogen-bond donors (Lipinski definition) is 1. The molecule has 22 heavy (non-hydrogen) atoms. The van der Waals surface area contributed by atoms with Crippen LogP contribution in [0.3, 0.4) is 0 Å². The minimum atomic E-state index is 0.755. The third-order valence-corrected chi connectivity index (χ3v) is 6.12. The predicted octanol–water partition coefficient (Wildman–Crippen LogP) is 3.40. The van der Waals surface area contributed by atoms with Crippen LogP contribution < -0.4 is 5.32 Å². The van der Waals surface area contributed by atoms with E-state index in [-0.39, 0.29) is 0 Å². The molecule has 1 N–H and O–H groups in total. The molecule has 1 unspecified atom stereocenters. The molecule has 3 aliphatic rings. The summed E-state index contributed by atoms with van der Waals surface area (Å²) in [6.07, 6.45) is 9.49. The maximum absolute atomic E-state index is 3.79. The highest BCUT2D eigenvalue weighted by Gasteiger charge is 2.35. The van der Waals surface area contributed by atoms with Crippen LogP contribution in [0.2, 0.25) is 0 Å². The van der Waals surface area contributed by atoms with Gasteiger partial charge in [0.2, 0.25) is 0 Å². The molecule has 0 spiro atoms. The summed E-state index contributed by atoms with van der Waals surface area (Å²) in [6, 6.07) is 11.5. The van der Waals surface area contributed by atoms with Crippen LogP contribution in [0.25, 0.3) is 0 Å². The fraction of sp³-hybridized carbons (Fsp3) is 0.700. The molecule has 1 aromatic rings. The van der Waals surface area contributed by atoms with E-state index < -0.39 is 0 Å². The van der Waals surface area contributed by atoms with E-state index in [9.17, 15) is 0 Å². The van der Waals surface area contributed by atoms with Crippen molar-refractivity contribution >= 4 is 0 Å². The molecule has 120 valence electrons. The number of hydrogen-bond acceptors (Lipinski definition) is 2. The summed E-state index contributed by atoms with van der Waals surface area (Å²) in [4.78, 5) is 2.83. The zero-order chi connectivity index (χ0) is 14.9. The normalized spacial score (nSPS) is 30.9. The van der Waals surface area contributed by atoms with Crippen molar-refractivity contribution in [2.24, 2.45) is 5.92 Å². The Morgan fingerprint density at radius 3 is 2.27 bits per heavy atom. The summed E-state index contributed by atoms with van der Waals surface area (Å²) in [5.41, 5.74) is 3.19. The SMILES string of the molecule is CCCN(CC1C[C@H]2CC[C@@H](C1)N2)C1Cc2ccccc2C1. The summed E-state index contributed by atoms with van der Waals surface area (Å²) < 4.78 is 0. The van der Waals surface area contributed by atoms with Gasteiger partial charge >= 0.3 is 0 Å². The molecular weight excluding hydrogens is 268 g/mol. The van der Waals surface area contributed by atoms with Gasteiger partial charge < -0.3 is 5.32 Å². The van der Waals surface area contributed by atoms with Crippen molar-refractivity contribution in [2.45, 2.75) is 70.0 Å². The van der Waals surface area contributed by atoms with Gasteiger partial charge in [0, 0.05) is 24.7 Å². The van der Waals surface area contributed by atoms with Gasteiger partial charge in [-0.15, -0.1) is 0 Å². The van der Waals surface area contributed by atoms with Gasteiger partial charge in [0.15, 0.2) is 0 Å². The largest absolute Gasteiger partial charge is 0.311 e. The van der Waals surface area contributed by atoms with Crippen LogP contribution in [0.5, 0.6) is 0 Å². The van der Waals surface area contributed by atoms with Crippen molar-refractivity contribution < 1.29 is 0 Å². The highest BCUT2D eigenvalue weighted by molar-refractivity contribution is 5.33. The lowest BCUT2D eigenvalue weighted by Gasteiger charge is -2.36. The van der Waals surface area contributed by atoms with Crippen molar-refractivity contribution in [2.75, 3.05) is 13.1 Å². The lowest BCUT2D eigenvalue weighted by molar-refractivity contribution is 0.143. The Morgan fingerprint density at radius 2 is 1.68 bits per heavy atom. The molecule has 2 heterocycles. The molecule has 4 rings (SSSR count). The Morgan fingerprint density at radius 1 is 1.05 bits per heavy atom. The molecule has 2 fully saturated rings. The fourth-order valence-electron chi connectivity index (χ4n) is 5.16. The minimum absolute atomic E-state index is 0.755. The highest BCUT2D eigenvalue weighted by Crippen LogP contribution is 2.33. The van der Waals surface area contributed by atoms with E-state index in [2.05, 4.69) is 41.4 Å². The second kappa shape index (κ2) is 6.33. The molecular formula is C20H30N2. The van der Waals surface area contributed by atoms with Gasteiger partial charge in [-0.3, -0.25) is 4.90 Å². The second-order valence-electron chi connectivity index (χ2n) is 7.80. The third kappa shape index (κ3) is 2.96. The van der Waals surface area contributed by atoms with Gasteiger partial charge in [0.1, 0.15) is 0 Å². The number of nitrogens with one attached hydrogen (secondary N) is 1. The van der Waals surface area contributed by atoms with Crippen LogP contribution in [0.4, 0.5) is 0 Å². The molecule has 2 saturated heterocycles. The van der Waals surface area contributed by atoms with E-state index >= 15 is 0 Å². The van der Waals surface area contributed by atoms with E-state index in [1.54, 1.807) is 11.1 Å². The summed E-state index contributed by atoms with van der Waals surface area (Å²) in [6.45, 7) is 4.94. The van der Waals surface area contributed by atoms with Crippen LogP contribution in [0, 0.1) is 5.92 Å². The second-order valence-corrected chi connectivity index (χ2v) is 7.80. The smallest absolute Gasteiger partial charge is 0.0176 e. The van der Waals surface area contributed by atoms with Gasteiger partial charge in [0.05, 0.1) is 0 Å². The van der Waals surface area contributed by atoms with Crippen molar-refractivity contribution in [1.82, 2.24) is 10.2 Å². The molecule has 0 aromatic heterocycles. The van der Waals surface area contributed by atoms with E-state index in [0.717, 1.165) is 24.0 Å². The maximum Gasteiger partial charge on any atom is 0.0176 e. The predicted molar refractivity (Wildman–Crippen MR) is 92.2 cm³/mol. The summed E-state index contributed by atoms with van der Waals surface area (Å²) >= 11 is 0. The summed E-state index contributed by atoms with van der Waals surface area (Å²) in [5, 5.41) is 3.79. The Hall–Kier alpha value is -0.860. The number of nitrogens with zero attached hydrogens (tertiary/aromatic N) is 1. The van der Waals surface area contributed by atoms with E-state index in [1.807, 2.05) is 0 Å². The maximum atomic E-state index is 3.79. The average molecular weight is 298 g/mol. The molecule has 2 aliphatic heterocycles. The number of fused-ring (bicyclic) bond motifs is 3. The monoisotopic (exact) mass is 298 g/mol. The van der Waals surface area contributed by atoms with Crippen LogP contribution >= 0.6 is 0 Å². The Bertz CT molecular complexity index is 475. The first kappa shape index (κ1) is 14.7. The van der Waals surface area contributed by atoms with Crippen molar-refractivity contribution in [1.29, 1.82) is 0 Å². The summed E-state index contributed by atoms with van der Waals surface area (Å²) in [7, 11) is 0. The molecule has 1 aliphatic carbocycles. The van der Waals surface area contributed by atoms with E-state index in [1.165, 1.54) is 58.0 Å². The molecule has 0 radical (unpaired) electrons. The summed E-state index contributed by atoms with van der Waals surface area (Å²) in [5.74, 6) is 0.925. The average Bonchev–Trinajstić information content (AvgIpc) is 3.10. The zero-order valence-electron chi connectivity index (χ0n) is 13.9. The molecule has 2 bridgehead atoms. The first-order valence-electron chi connectivity index (χ1n) is 9.38. The molecule has 2 nitrogen and oxygen atoms in total. The van der Waals surface area contributed by atoms with Gasteiger partial charge in [-0.1, -0.05) is 31.2 Å². The fourth-order valence-corrected chi connectivity index (χ4v) is 5.16. The van der Waals surface area contributed by atoms with Crippen molar-refractivity contribution in [3.63, 3.8) is 0 Å². The molecule has 2 heteroatoms. The third-order valence-electron chi connectivity index (χ3n) is 6.12. The molecule has 3 atom stereocenters. The first-order valence-corrected chi connectivity index (χ1v) is 9.38. The van der Waals surface area contributed by atoms with Gasteiger partial charge in [-0.05, 0) is 68.5 Å². The van der Waals surface area contributed by atoms with Crippen LogP contribution in [-0.4, -0.2) is 36.1 Å². The van der Waals surface area contributed by atoms with E-state index in [4.69, 9.17) is 0 Å². The molecule has 1 aromatic carbocycles. The number of rotatable bonds is 5. The minimum Gasteiger partial charge on any atom is -0.311 e. The van der Waals surface area contributed by atoms with Crippen molar-refractivity contribution in [3.8, 4) is 0 Å². The first-order chi connectivity index (χ1) is 10.8. The standard InChI is InChI=1S/C20H30N2/c1-2-9-22(14-15-10-18-7-8-19(11-15)21-18)20-12-16-5-3-4-6-17(16)13-20/h3-6,15,18-21H,2,7-14H2,1H3/t15?,18-,19+. The number of piperidine rings is 1. The van der Waals surface area contributed by atoms with E-state index in [0.29, 0.717) is 0 Å². The van der Waals surface area contributed by atoms with Gasteiger partial charge in [-0.25, -0.2) is 0 Å². The van der Waals surface area contributed by atoms with Crippen LogP contribution in [0.1, 0.15) is 50.2 Å². The lowest BCUT2D eigenvalue weighted by atomic mass is 9.91. The Kier molecular flexibility index (Phi) is 4.23. The lowest BCUT2D eigenvalue weighted by Crippen LogP contribution is -2.45. The number of benzene rings is 1. The van der Waals surface area contributed by atoms with Crippen LogP contribution in [-0.2, 0) is 12.8 Å². The zero-order valence-corrected chi connectivity index (χ0v) is 13.9. The Balaban J connectivity index is 1.41. The van der Waals surface area contributed by atoms with Crippen molar-refractivity contribution in [3.05, 3.63) is 35.4 Å². The molecule has 0 saturated carbocycles. The Labute approximate surface area is 135 Å². The topological polar surface area (TPSA) is 15.3 Å². The highest BCUT2D eigenvalue weighted by atomic mass is 15.2. The molecule has 0 amide bonds. The van der Waals surface area contributed by atoms with Gasteiger partial charge in [-0.2, -0.15) is 0 Å².